The van der Waals surface area contributed by atoms with Crippen molar-refractivity contribution in [2.45, 2.75) is 13.5 Å². The van der Waals surface area contributed by atoms with Gasteiger partial charge >= 0.3 is 0 Å². The van der Waals surface area contributed by atoms with Crippen molar-refractivity contribution in [1.82, 2.24) is 15.0 Å². The number of hydrogen-bond acceptors (Lipinski definition) is 4. The summed E-state index contributed by atoms with van der Waals surface area (Å²) in [5.41, 5.74) is 6.54. The minimum Gasteiger partial charge on any atom is -0.378 e. The van der Waals surface area contributed by atoms with E-state index in [0.29, 0.717) is 6.54 Å². The number of nitrogens with one attached hydrogen (secondary N) is 2. The van der Waals surface area contributed by atoms with E-state index in [2.05, 4.69) is 75.6 Å². The molecule has 0 saturated carbocycles. The van der Waals surface area contributed by atoms with Gasteiger partial charge in [0.15, 0.2) is 5.82 Å². The molecule has 0 saturated heterocycles. The van der Waals surface area contributed by atoms with Crippen LogP contribution in [0.1, 0.15) is 11.1 Å². The topological polar surface area (TPSA) is 56.8 Å². The van der Waals surface area contributed by atoms with Crippen LogP contribution in [0.2, 0.25) is 0 Å². The van der Waals surface area contributed by atoms with Gasteiger partial charge in [0.2, 0.25) is 0 Å². The summed E-state index contributed by atoms with van der Waals surface area (Å²) in [5, 5.41) is 3.42. The molecule has 0 bridgehead atoms. The Hall–Kier alpha value is -3.34. The highest BCUT2D eigenvalue weighted by Crippen LogP contribution is 2.25. The molecule has 0 spiro atoms. The van der Waals surface area contributed by atoms with Gasteiger partial charge in [0.1, 0.15) is 11.3 Å². The highest BCUT2D eigenvalue weighted by molar-refractivity contribution is 5.88. The van der Waals surface area contributed by atoms with Crippen molar-refractivity contribution in [1.29, 1.82) is 0 Å². The highest BCUT2D eigenvalue weighted by atomic mass is 15.1. The molecule has 27 heavy (non-hydrogen) atoms. The maximum absolute atomic E-state index is 4.77. The Morgan fingerprint density at radius 1 is 0.963 bits per heavy atom. The number of benzene rings is 2. The van der Waals surface area contributed by atoms with Crippen molar-refractivity contribution in [3.63, 3.8) is 0 Å². The average Bonchev–Trinajstić information content (AvgIpc) is 3.12. The van der Waals surface area contributed by atoms with Crippen LogP contribution >= 0.6 is 0 Å². The number of hydrogen-bond donors (Lipinski definition) is 2. The molecule has 0 aliphatic heterocycles. The van der Waals surface area contributed by atoms with E-state index in [-0.39, 0.29) is 0 Å². The molecule has 0 aliphatic rings. The molecule has 4 rings (SSSR count). The second-order valence-electron chi connectivity index (χ2n) is 6.92. The van der Waals surface area contributed by atoms with Gasteiger partial charge in [0, 0.05) is 38.1 Å². The first-order valence-electron chi connectivity index (χ1n) is 9.02. The summed E-state index contributed by atoms with van der Waals surface area (Å²) < 4.78 is 0. The van der Waals surface area contributed by atoms with Crippen molar-refractivity contribution < 1.29 is 0 Å². The zero-order valence-corrected chi connectivity index (χ0v) is 15.8. The van der Waals surface area contributed by atoms with Crippen LogP contribution < -0.4 is 10.2 Å². The molecule has 0 unspecified atom stereocenters. The molecule has 0 fully saturated rings. The smallest absolute Gasteiger partial charge is 0.154 e. The van der Waals surface area contributed by atoms with Gasteiger partial charge in [-0.05, 0) is 30.7 Å². The number of fused-ring (bicyclic) bond motifs is 1. The van der Waals surface area contributed by atoms with Gasteiger partial charge in [-0.2, -0.15) is 0 Å². The van der Waals surface area contributed by atoms with Crippen LogP contribution in [0.3, 0.4) is 0 Å². The van der Waals surface area contributed by atoms with Crippen molar-refractivity contribution in [2.24, 2.45) is 0 Å². The van der Waals surface area contributed by atoms with E-state index < -0.39 is 0 Å². The number of rotatable bonds is 5. The lowest BCUT2D eigenvalue weighted by Crippen LogP contribution is -2.08. The normalized spacial score (nSPS) is 10.9. The van der Waals surface area contributed by atoms with Gasteiger partial charge in [-0.15, -0.1) is 0 Å². The Labute approximate surface area is 159 Å². The molecule has 2 heterocycles. The predicted octanol–water partition coefficient (Wildman–Crippen LogP) is 4.61. The van der Waals surface area contributed by atoms with Crippen LogP contribution in [0.4, 0.5) is 11.5 Å². The number of aromatic nitrogens is 3. The van der Waals surface area contributed by atoms with Crippen molar-refractivity contribution in [2.75, 3.05) is 24.3 Å². The van der Waals surface area contributed by atoms with Crippen LogP contribution in [-0.4, -0.2) is 29.0 Å². The van der Waals surface area contributed by atoms with E-state index in [1.807, 2.05) is 20.2 Å². The fourth-order valence-electron chi connectivity index (χ4n) is 3.01. The van der Waals surface area contributed by atoms with Crippen molar-refractivity contribution in [3.05, 3.63) is 71.9 Å². The highest BCUT2D eigenvalue weighted by Gasteiger charge is 2.10. The van der Waals surface area contributed by atoms with Gasteiger partial charge in [-0.3, -0.25) is 0 Å². The molecule has 0 amide bonds. The number of aromatic amines is 1. The quantitative estimate of drug-likeness (QED) is 0.547. The zero-order chi connectivity index (χ0) is 18.8. The molecule has 2 aromatic heterocycles. The van der Waals surface area contributed by atoms with Gasteiger partial charge in [0.05, 0.1) is 5.52 Å². The Kier molecular flexibility index (Phi) is 4.50. The molecule has 2 N–H and O–H groups in total. The lowest BCUT2D eigenvalue weighted by Gasteiger charge is -2.13. The van der Waals surface area contributed by atoms with Crippen LogP contribution in [0.15, 0.2) is 60.8 Å². The SMILES string of the molecule is Cc1ccc(-c2nc3c(NCc4ccc(N(C)C)cc4)nccc3[nH]2)cc1. The van der Waals surface area contributed by atoms with E-state index in [1.165, 1.54) is 16.8 Å². The second-order valence-corrected chi connectivity index (χ2v) is 6.92. The molecule has 4 aromatic rings. The van der Waals surface area contributed by atoms with E-state index in [4.69, 9.17) is 4.98 Å². The lowest BCUT2D eigenvalue weighted by molar-refractivity contribution is 1.10. The van der Waals surface area contributed by atoms with Crippen molar-refractivity contribution in [3.8, 4) is 11.4 Å². The average molecular weight is 357 g/mol. The third-order valence-electron chi connectivity index (χ3n) is 4.64. The molecule has 5 heteroatoms. The third kappa shape index (κ3) is 3.62. The number of H-pyrrole nitrogens is 1. The van der Waals surface area contributed by atoms with E-state index in [0.717, 1.165) is 28.2 Å². The number of imidazole rings is 1. The van der Waals surface area contributed by atoms with E-state index in [9.17, 15) is 0 Å². The minimum absolute atomic E-state index is 0.701. The number of anilines is 2. The molecular weight excluding hydrogens is 334 g/mol. The number of pyridine rings is 1. The molecule has 0 atom stereocenters. The summed E-state index contributed by atoms with van der Waals surface area (Å²) in [6.45, 7) is 2.78. The summed E-state index contributed by atoms with van der Waals surface area (Å²) in [6.07, 6.45) is 1.80. The van der Waals surface area contributed by atoms with E-state index >= 15 is 0 Å². The zero-order valence-electron chi connectivity index (χ0n) is 15.8. The largest absolute Gasteiger partial charge is 0.378 e. The van der Waals surface area contributed by atoms with Gasteiger partial charge in [-0.25, -0.2) is 9.97 Å². The summed E-state index contributed by atoms with van der Waals surface area (Å²) >= 11 is 0. The molecule has 2 aromatic carbocycles. The maximum atomic E-state index is 4.77. The number of nitrogens with zero attached hydrogens (tertiary/aromatic N) is 3. The summed E-state index contributed by atoms with van der Waals surface area (Å²) in [6, 6.07) is 18.8. The lowest BCUT2D eigenvalue weighted by atomic mass is 10.1. The molecule has 0 aliphatic carbocycles. The van der Waals surface area contributed by atoms with Crippen LogP contribution in [-0.2, 0) is 6.54 Å². The molecule has 0 radical (unpaired) electrons. The monoisotopic (exact) mass is 357 g/mol. The molecule has 5 nitrogen and oxygen atoms in total. The van der Waals surface area contributed by atoms with E-state index in [1.54, 1.807) is 6.20 Å². The Bertz CT molecular complexity index is 1050. The summed E-state index contributed by atoms with van der Waals surface area (Å²) in [4.78, 5) is 14.7. The van der Waals surface area contributed by atoms with Gasteiger partial charge in [-0.1, -0.05) is 42.0 Å². The molecule has 136 valence electrons. The Balaban J connectivity index is 1.57. The predicted molar refractivity (Wildman–Crippen MR) is 112 cm³/mol. The van der Waals surface area contributed by atoms with Gasteiger partial charge < -0.3 is 15.2 Å². The maximum Gasteiger partial charge on any atom is 0.154 e. The number of aryl methyl sites for hydroxylation is 1. The third-order valence-corrected chi connectivity index (χ3v) is 4.64. The first-order valence-corrected chi connectivity index (χ1v) is 9.02. The Morgan fingerprint density at radius 3 is 2.41 bits per heavy atom. The molecular formula is C22H23N5. The fourth-order valence-corrected chi connectivity index (χ4v) is 3.01. The van der Waals surface area contributed by atoms with Crippen LogP contribution in [0, 0.1) is 6.92 Å². The second kappa shape index (κ2) is 7.11. The van der Waals surface area contributed by atoms with Crippen LogP contribution in [0.25, 0.3) is 22.4 Å². The Morgan fingerprint density at radius 2 is 1.70 bits per heavy atom. The van der Waals surface area contributed by atoms with Crippen molar-refractivity contribution >= 4 is 22.5 Å². The first kappa shape index (κ1) is 17.1. The summed E-state index contributed by atoms with van der Waals surface area (Å²) in [5.74, 6) is 1.65. The van der Waals surface area contributed by atoms with Crippen LogP contribution in [0.5, 0.6) is 0 Å². The standard InChI is InChI=1S/C22H23N5/c1-15-4-8-17(9-5-15)21-25-19-12-13-23-22(20(19)26-21)24-14-16-6-10-18(11-7-16)27(2)3/h4-13H,14H2,1-3H3,(H,23,24)(H,25,26). The first-order chi connectivity index (χ1) is 13.1. The summed E-state index contributed by atoms with van der Waals surface area (Å²) in [7, 11) is 4.09. The van der Waals surface area contributed by atoms with Gasteiger partial charge in [0.25, 0.3) is 0 Å². The fraction of sp³-hybridized carbons (Fsp3) is 0.182. The minimum atomic E-state index is 0.701.